The first-order valence-electron chi connectivity index (χ1n) is 3.22. The molecule has 1 heterocycles. The number of hydrogen-bond donors (Lipinski definition) is 0. The van der Waals surface area contributed by atoms with Gasteiger partial charge in [0.15, 0.2) is 0 Å². The van der Waals surface area contributed by atoms with E-state index >= 15 is 0 Å². The van der Waals surface area contributed by atoms with E-state index in [1.165, 1.54) is 16.4 Å². The van der Waals surface area contributed by atoms with Crippen molar-refractivity contribution < 1.29 is 0 Å². The maximum absolute atomic E-state index is 4.29. The van der Waals surface area contributed by atoms with Crippen molar-refractivity contribution in [2.75, 3.05) is 6.54 Å². The molecule has 0 aromatic rings. The summed E-state index contributed by atoms with van der Waals surface area (Å²) in [6, 6.07) is 0. The summed E-state index contributed by atoms with van der Waals surface area (Å²) in [7, 11) is 0. The van der Waals surface area contributed by atoms with Gasteiger partial charge in [-0.15, -0.1) is 0 Å². The average molecular weight is 141 g/mol. The van der Waals surface area contributed by atoms with Crippen molar-refractivity contribution in [2.45, 2.75) is 19.8 Å². The van der Waals surface area contributed by atoms with Gasteiger partial charge in [-0.25, -0.2) is 0 Å². The highest BCUT2D eigenvalue weighted by Gasteiger charge is 2.08. The fourth-order valence-electron chi connectivity index (χ4n) is 0.751. The van der Waals surface area contributed by atoms with Crippen molar-refractivity contribution in [1.29, 1.82) is 0 Å². The lowest BCUT2D eigenvalue weighted by molar-refractivity contribution is 0.999. The molecule has 0 fully saturated rings. The Morgan fingerprint density at radius 2 is 2.56 bits per heavy atom. The lowest BCUT2D eigenvalue weighted by Gasteiger charge is -1.92. The van der Waals surface area contributed by atoms with Gasteiger partial charge in [-0.2, -0.15) is 0 Å². The topological polar surface area (TPSA) is 12.4 Å². The minimum atomic E-state index is 0.847. The monoisotopic (exact) mass is 141 g/mol. The summed E-state index contributed by atoms with van der Waals surface area (Å²) >= 11 is 1.75. The maximum Gasteiger partial charge on any atom is 0.0725 e. The quantitative estimate of drug-likeness (QED) is 0.575. The fraction of sp³-hybridized carbons (Fsp3) is 0.571. The molecule has 0 atom stereocenters. The molecule has 0 spiro atoms. The lowest BCUT2D eigenvalue weighted by Crippen LogP contribution is -1.83. The van der Waals surface area contributed by atoms with Gasteiger partial charge in [0.05, 0.1) is 11.6 Å². The molecule has 0 saturated heterocycles. The van der Waals surface area contributed by atoms with Crippen LogP contribution in [0.2, 0.25) is 0 Å². The Labute approximate surface area is 60.3 Å². The van der Waals surface area contributed by atoms with Crippen LogP contribution in [-0.2, 0) is 0 Å². The van der Waals surface area contributed by atoms with Crippen LogP contribution in [0.4, 0.5) is 0 Å². The zero-order valence-corrected chi connectivity index (χ0v) is 6.50. The summed E-state index contributed by atoms with van der Waals surface area (Å²) in [6.45, 7) is 6.85. The highest BCUT2D eigenvalue weighted by Crippen LogP contribution is 2.25. The Hall–Kier alpha value is -0.240. The molecule has 0 aromatic heterocycles. The Morgan fingerprint density at radius 1 is 1.78 bits per heavy atom. The van der Waals surface area contributed by atoms with Gasteiger partial charge in [-0.05, 0) is 6.42 Å². The summed E-state index contributed by atoms with van der Waals surface area (Å²) in [5.74, 6) is 0. The largest absolute Gasteiger partial charge is 0.277 e. The van der Waals surface area contributed by atoms with Gasteiger partial charge in [0.1, 0.15) is 0 Å². The van der Waals surface area contributed by atoms with Crippen LogP contribution in [0.1, 0.15) is 19.8 Å². The van der Waals surface area contributed by atoms with E-state index in [9.17, 15) is 0 Å². The molecule has 0 aliphatic carbocycles. The van der Waals surface area contributed by atoms with E-state index in [1.807, 2.05) is 0 Å². The SMILES string of the molecule is C=C1CN=C(CCC)S1. The minimum absolute atomic E-state index is 0.847. The molecular weight excluding hydrogens is 130 g/mol. The van der Waals surface area contributed by atoms with Crippen LogP contribution >= 0.6 is 11.8 Å². The Balaban J connectivity index is 2.36. The van der Waals surface area contributed by atoms with Gasteiger partial charge >= 0.3 is 0 Å². The molecule has 0 N–H and O–H groups in total. The number of aliphatic imine (C=N–C) groups is 1. The first-order chi connectivity index (χ1) is 4.33. The van der Waals surface area contributed by atoms with Crippen LogP contribution < -0.4 is 0 Å². The van der Waals surface area contributed by atoms with Crippen LogP contribution in [0.15, 0.2) is 16.5 Å². The molecule has 0 unspecified atom stereocenters. The first-order valence-corrected chi connectivity index (χ1v) is 4.03. The molecule has 1 aliphatic heterocycles. The van der Waals surface area contributed by atoms with Crippen LogP contribution in [0.25, 0.3) is 0 Å². The van der Waals surface area contributed by atoms with E-state index < -0.39 is 0 Å². The minimum Gasteiger partial charge on any atom is -0.277 e. The summed E-state index contributed by atoms with van der Waals surface area (Å²) < 4.78 is 0. The van der Waals surface area contributed by atoms with Gasteiger partial charge in [0, 0.05) is 4.91 Å². The Bertz CT molecular complexity index is 149. The highest BCUT2D eigenvalue weighted by atomic mass is 32.2. The lowest BCUT2D eigenvalue weighted by atomic mass is 10.4. The van der Waals surface area contributed by atoms with Crippen molar-refractivity contribution in [1.82, 2.24) is 0 Å². The predicted octanol–water partition coefficient (Wildman–Crippen LogP) is 2.45. The molecule has 50 valence electrons. The van der Waals surface area contributed by atoms with Crippen LogP contribution in [-0.4, -0.2) is 11.6 Å². The van der Waals surface area contributed by atoms with Crippen LogP contribution in [0.5, 0.6) is 0 Å². The van der Waals surface area contributed by atoms with Crippen LogP contribution in [0.3, 0.4) is 0 Å². The molecular formula is C7H11NS. The maximum atomic E-state index is 4.29. The molecule has 0 saturated carbocycles. The third-order valence-electron chi connectivity index (χ3n) is 1.16. The van der Waals surface area contributed by atoms with Crippen molar-refractivity contribution >= 4 is 16.8 Å². The van der Waals surface area contributed by atoms with Gasteiger partial charge in [0.2, 0.25) is 0 Å². The fourth-order valence-corrected chi connectivity index (χ4v) is 1.65. The van der Waals surface area contributed by atoms with Crippen molar-refractivity contribution in [2.24, 2.45) is 4.99 Å². The molecule has 1 nitrogen and oxygen atoms in total. The molecule has 9 heavy (non-hydrogen) atoms. The molecule has 0 amide bonds. The zero-order valence-electron chi connectivity index (χ0n) is 5.68. The van der Waals surface area contributed by atoms with Gasteiger partial charge in [-0.3, -0.25) is 4.99 Å². The second-order valence-electron chi connectivity index (χ2n) is 2.10. The number of nitrogens with zero attached hydrogens (tertiary/aromatic N) is 1. The van der Waals surface area contributed by atoms with E-state index in [2.05, 4.69) is 18.5 Å². The van der Waals surface area contributed by atoms with Gasteiger partial charge < -0.3 is 0 Å². The van der Waals surface area contributed by atoms with Gasteiger partial charge in [-0.1, -0.05) is 31.7 Å². The molecule has 1 aliphatic rings. The molecule has 1 rings (SSSR count). The van der Waals surface area contributed by atoms with E-state index in [-0.39, 0.29) is 0 Å². The van der Waals surface area contributed by atoms with E-state index in [0.717, 1.165) is 13.0 Å². The highest BCUT2D eigenvalue weighted by molar-refractivity contribution is 8.17. The second kappa shape index (κ2) is 3.06. The van der Waals surface area contributed by atoms with Crippen molar-refractivity contribution in [3.8, 4) is 0 Å². The Morgan fingerprint density at radius 3 is 3.00 bits per heavy atom. The van der Waals surface area contributed by atoms with Crippen LogP contribution in [0, 0.1) is 0 Å². The summed E-state index contributed by atoms with van der Waals surface area (Å²) in [5.41, 5.74) is 0. The summed E-state index contributed by atoms with van der Waals surface area (Å²) in [4.78, 5) is 5.48. The van der Waals surface area contributed by atoms with E-state index in [4.69, 9.17) is 0 Å². The molecule has 0 aromatic carbocycles. The number of rotatable bonds is 2. The third-order valence-corrected chi connectivity index (χ3v) is 2.14. The summed E-state index contributed by atoms with van der Waals surface area (Å²) in [5, 5.41) is 1.27. The zero-order chi connectivity index (χ0) is 6.69. The predicted molar refractivity (Wildman–Crippen MR) is 43.9 cm³/mol. The van der Waals surface area contributed by atoms with E-state index in [1.54, 1.807) is 11.8 Å². The third kappa shape index (κ3) is 1.86. The Kier molecular flexibility index (Phi) is 2.34. The number of thioether (sulfide) groups is 1. The van der Waals surface area contributed by atoms with Crippen molar-refractivity contribution in [3.63, 3.8) is 0 Å². The second-order valence-corrected chi connectivity index (χ2v) is 3.35. The smallest absolute Gasteiger partial charge is 0.0725 e. The van der Waals surface area contributed by atoms with Crippen molar-refractivity contribution in [3.05, 3.63) is 11.5 Å². The molecule has 2 heteroatoms. The van der Waals surface area contributed by atoms with Gasteiger partial charge in [0.25, 0.3) is 0 Å². The first kappa shape index (κ1) is 6.87. The summed E-state index contributed by atoms with van der Waals surface area (Å²) in [6.07, 6.45) is 2.32. The molecule has 0 radical (unpaired) electrons. The normalized spacial score (nSPS) is 18.3. The van der Waals surface area contributed by atoms with E-state index in [0.29, 0.717) is 0 Å². The standard InChI is InChI=1S/C7H11NS/c1-3-4-7-8-5-6(2)9-7/h2-5H2,1H3. The number of hydrogen-bond acceptors (Lipinski definition) is 2. The average Bonchev–Trinajstić information content (AvgIpc) is 2.17. The molecule has 0 bridgehead atoms.